The normalized spacial score (nSPS) is 33.2. The third kappa shape index (κ3) is 4.32. The fourth-order valence-corrected chi connectivity index (χ4v) is 5.06. The molecular formula is C22H32N2O8. The number of carbonyl (C=O) groups excluding carboxylic acids is 4. The molecule has 0 radical (unpaired) electrons. The van der Waals surface area contributed by atoms with E-state index in [1.54, 1.807) is 27.7 Å². The summed E-state index contributed by atoms with van der Waals surface area (Å²) in [5, 5.41) is 13.3. The molecule has 2 N–H and O–H groups in total. The molecule has 0 bridgehead atoms. The number of likely N-dealkylation sites (tertiary alicyclic amines) is 1. The number of hydrogen-bond donors (Lipinski definition) is 2. The number of hydrogen-bond acceptors (Lipinski definition) is 8. The lowest BCUT2D eigenvalue weighted by atomic mass is 9.88. The molecule has 0 aromatic rings. The minimum Gasteiger partial charge on any atom is -0.464 e. The molecule has 6 atom stereocenters. The number of aliphatic hydroxyl groups is 1. The zero-order valence-corrected chi connectivity index (χ0v) is 19.0. The summed E-state index contributed by atoms with van der Waals surface area (Å²) in [6, 6.07) is -0.829. The average Bonchev–Trinajstić information content (AvgIpc) is 3.11. The Labute approximate surface area is 187 Å². The van der Waals surface area contributed by atoms with Gasteiger partial charge in [0.25, 0.3) is 0 Å². The van der Waals surface area contributed by atoms with Gasteiger partial charge >= 0.3 is 18.0 Å². The molecule has 1 aliphatic heterocycles. The molecule has 10 nitrogen and oxygen atoms in total. The van der Waals surface area contributed by atoms with E-state index in [1.165, 1.54) is 4.90 Å². The van der Waals surface area contributed by atoms with Crippen molar-refractivity contribution in [3.63, 3.8) is 0 Å². The van der Waals surface area contributed by atoms with Crippen LogP contribution in [0.4, 0.5) is 4.79 Å². The van der Waals surface area contributed by atoms with Crippen molar-refractivity contribution in [3.05, 3.63) is 12.8 Å². The maximum Gasteiger partial charge on any atom is 0.410 e. The minimum absolute atomic E-state index is 0.0686. The van der Waals surface area contributed by atoms with Crippen LogP contribution in [0.1, 0.15) is 47.0 Å². The van der Waals surface area contributed by atoms with Crippen molar-refractivity contribution in [3.8, 4) is 0 Å². The van der Waals surface area contributed by atoms with Gasteiger partial charge in [0.1, 0.15) is 17.2 Å². The van der Waals surface area contributed by atoms with Gasteiger partial charge in [-0.1, -0.05) is 6.58 Å². The fourth-order valence-electron chi connectivity index (χ4n) is 5.06. The molecule has 178 valence electrons. The number of ether oxygens (including phenoxy) is 3. The highest BCUT2D eigenvalue weighted by atomic mass is 16.6. The molecular weight excluding hydrogens is 420 g/mol. The number of fused-ring (bicyclic) bond motifs is 1. The Kier molecular flexibility index (Phi) is 6.55. The first-order valence-electron chi connectivity index (χ1n) is 10.9. The molecule has 0 spiro atoms. The number of aliphatic hydroxyl groups excluding tert-OH is 1. The van der Waals surface area contributed by atoms with Crippen molar-refractivity contribution in [2.24, 2.45) is 17.8 Å². The third-order valence-corrected chi connectivity index (χ3v) is 6.26. The number of rotatable bonds is 6. The van der Waals surface area contributed by atoms with E-state index in [2.05, 4.69) is 11.9 Å². The van der Waals surface area contributed by atoms with Gasteiger partial charge in [0.15, 0.2) is 0 Å². The van der Waals surface area contributed by atoms with E-state index >= 15 is 0 Å². The highest BCUT2D eigenvalue weighted by molar-refractivity contribution is 5.95. The van der Waals surface area contributed by atoms with E-state index in [-0.39, 0.29) is 13.0 Å². The molecule has 2 aliphatic carbocycles. The fraction of sp³-hybridized carbons (Fsp3) is 0.727. The monoisotopic (exact) mass is 452 g/mol. The summed E-state index contributed by atoms with van der Waals surface area (Å²) in [4.78, 5) is 52.5. The van der Waals surface area contributed by atoms with Gasteiger partial charge in [-0.25, -0.2) is 9.59 Å². The quantitative estimate of drug-likeness (QED) is 0.348. The van der Waals surface area contributed by atoms with Gasteiger partial charge < -0.3 is 24.6 Å². The molecule has 3 aliphatic rings. The van der Waals surface area contributed by atoms with Crippen molar-refractivity contribution in [1.82, 2.24) is 10.2 Å². The summed E-state index contributed by atoms with van der Waals surface area (Å²) in [6.07, 6.45) is 0.324. The second-order valence-corrected chi connectivity index (χ2v) is 9.52. The Morgan fingerprint density at radius 1 is 1.28 bits per heavy atom. The van der Waals surface area contributed by atoms with Gasteiger partial charge in [0.05, 0.1) is 24.9 Å². The van der Waals surface area contributed by atoms with Crippen LogP contribution >= 0.6 is 0 Å². The Morgan fingerprint density at radius 2 is 1.97 bits per heavy atom. The molecule has 1 unspecified atom stereocenters. The summed E-state index contributed by atoms with van der Waals surface area (Å²) in [6.45, 7) is 10.6. The van der Waals surface area contributed by atoms with Crippen LogP contribution in [0.3, 0.4) is 0 Å². The Morgan fingerprint density at radius 3 is 2.56 bits per heavy atom. The molecule has 1 saturated heterocycles. The SMILES string of the molecule is C=COC(=O)[C@H]1[C@H]2[C@@H]1C(NC(=O)[C@@H]1CCCN1C(=O)OC(C)(C)C)(C(=O)OCC)C[C@@H]2O. The molecule has 2 amide bonds. The molecule has 0 aromatic heterocycles. The molecule has 32 heavy (non-hydrogen) atoms. The van der Waals surface area contributed by atoms with E-state index in [9.17, 15) is 24.3 Å². The zero-order valence-electron chi connectivity index (χ0n) is 19.0. The lowest BCUT2D eigenvalue weighted by molar-refractivity contribution is -0.156. The van der Waals surface area contributed by atoms with Crippen molar-refractivity contribution in [1.29, 1.82) is 0 Å². The van der Waals surface area contributed by atoms with Gasteiger partial charge in [-0.2, -0.15) is 0 Å². The zero-order chi connectivity index (χ0) is 23.8. The summed E-state index contributed by atoms with van der Waals surface area (Å²) in [5.74, 6) is -3.82. The van der Waals surface area contributed by atoms with Crippen LogP contribution in [0.15, 0.2) is 12.8 Å². The lowest BCUT2D eigenvalue weighted by Crippen LogP contribution is -2.61. The average molecular weight is 453 g/mol. The highest BCUT2D eigenvalue weighted by Crippen LogP contribution is 2.63. The Bertz CT molecular complexity index is 806. The number of esters is 2. The second-order valence-electron chi connectivity index (χ2n) is 9.52. The summed E-state index contributed by atoms with van der Waals surface area (Å²) in [7, 11) is 0. The van der Waals surface area contributed by atoms with Crippen LogP contribution in [0.2, 0.25) is 0 Å². The van der Waals surface area contributed by atoms with Gasteiger partial charge in [-0.05, 0) is 40.5 Å². The van der Waals surface area contributed by atoms with Gasteiger partial charge in [-0.15, -0.1) is 0 Å². The maximum atomic E-state index is 13.3. The van der Waals surface area contributed by atoms with E-state index in [0.717, 1.165) is 6.26 Å². The molecule has 10 heteroatoms. The predicted molar refractivity (Wildman–Crippen MR) is 111 cm³/mol. The van der Waals surface area contributed by atoms with Gasteiger partial charge in [0, 0.05) is 24.8 Å². The van der Waals surface area contributed by atoms with Gasteiger partial charge in [-0.3, -0.25) is 14.5 Å². The maximum absolute atomic E-state index is 13.3. The standard InChI is InChI=1S/C22H32N2O8/c1-6-30-18(27)15-14-13(25)11-22(16(14)15,19(28)31-7-2)23-17(26)12-9-8-10-24(12)20(29)32-21(3,4)5/h6,12-16,25H,1,7-11H2,2-5H3,(H,23,26)/t12-,13-,14-,15-,16-,22?/m0/s1. The number of carbonyl (C=O) groups is 4. The van der Waals surface area contributed by atoms with Crippen LogP contribution in [-0.4, -0.2) is 70.4 Å². The third-order valence-electron chi connectivity index (χ3n) is 6.26. The summed E-state index contributed by atoms with van der Waals surface area (Å²) >= 11 is 0. The Balaban J connectivity index is 1.83. The largest absolute Gasteiger partial charge is 0.464 e. The van der Waals surface area contributed by atoms with Crippen molar-refractivity contribution in [2.75, 3.05) is 13.2 Å². The van der Waals surface area contributed by atoms with E-state index in [1.807, 2.05) is 0 Å². The van der Waals surface area contributed by atoms with Crippen LogP contribution in [-0.2, 0) is 28.6 Å². The number of nitrogens with zero attached hydrogens (tertiary/aromatic N) is 1. The molecule has 1 heterocycles. The van der Waals surface area contributed by atoms with Crippen LogP contribution in [0, 0.1) is 17.8 Å². The Hall–Kier alpha value is -2.62. The van der Waals surface area contributed by atoms with Gasteiger partial charge in [0.2, 0.25) is 5.91 Å². The van der Waals surface area contributed by atoms with Crippen molar-refractivity contribution in [2.45, 2.75) is 70.2 Å². The topological polar surface area (TPSA) is 131 Å². The first-order chi connectivity index (χ1) is 15.0. The predicted octanol–water partition coefficient (Wildman–Crippen LogP) is 1.12. The molecule has 2 saturated carbocycles. The first-order valence-corrected chi connectivity index (χ1v) is 10.9. The minimum atomic E-state index is -1.58. The van der Waals surface area contributed by atoms with Crippen LogP contribution in [0.5, 0.6) is 0 Å². The highest BCUT2D eigenvalue weighted by Gasteiger charge is 2.76. The molecule has 3 rings (SSSR count). The number of nitrogens with one attached hydrogen (secondary N) is 1. The van der Waals surface area contributed by atoms with E-state index in [4.69, 9.17) is 14.2 Å². The second kappa shape index (κ2) is 8.73. The van der Waals surface area contributed by atoms with Crippen molar-refractivity contribution >= 4 is 23.9 Å². The summed E-state index contributed by atoms with van der Waals surface area (Å²) in [5.41, 5.74) is -2.30. The van der Waals surface area contributed by atoms with E-state index in [0.29, 0.717) is 19.4 Å². The lowest BCUT2D eigenvalue weighted by Gasteiger charge is -2.34. The molecule has 3 fully saturated rings. The van der Waals surface area contributed by atoms with Crippen LogP contribution < -0.4 is 5.32 Å². The number of amides is 2. The molecule has 0 aromatic carbocycles. The first kappa shape index (κ1) is 24.0. The van der Waals surface area contributed by atoms with Crippen LogP contribution in [0.25, 0.3) is 0 Å². The van der Waals surface area contributed by atoms with E-state index < -0.39 is 65.0 Å². The summed E-state index contributed by atoms with van der Waals surface area (Å²) < 4.78 is 15.5. The van der Waals surface area contributed by atoms with Crippen molar-refractivity contribution < 1.29 is 38.5 Å². The smallest absolute Gasteiger partial charge is 0.410 e.